The van der Waals surface area contributed by atoms with Crippen LogP contribution >= 0.6 is 15.9 Å². The lowest BCUT2D eigenvalue weighted by Gasteiger charge is -2.09. The molecule has 2 N–H and O–H groups in total. The molecular formula is C15H14BrFN2O2. The van der Waals surface area contributed by atoms with Crippen LogP contribution in [0.4, 0.5) is 14.9 Å². The van der Waals surface area contributed by atoms with E-state index in [2.05, 4.69) is 26.6 Å². The van der Waals surface area contributed by atoms with Crippen LogP contribution in [0.5, 0.6) is 5.75 Å². The Morgan fingerprint density at radius 1 is 1.24 bits per heavy atom. The molecule has 0 aliphatic heterocycles. The molecule has 0 heterocycles. The molecule has 0 aromatic heterocycles. The van der Waals surface area contributed by atoms with Crippen molar-refractivity contribution in [3.05, 3.63) is 58.3 Å². The quantitative estimate of drug-likeness (QED) is 0.876. The van der Waals surface area contributed by atoms with Crippen molar-refractivity contribution in [3.8, 4) is 5.75 Å². The number of halogens is 2. The first-order chi connectivity index (χ1) is 10.1. The van der Waals surface area contributed by atoms with Gasteiger partial charge in [-0.2, -0.15) is 0 Å². The number of hydrogen-bond donors (Lipinski definition) is 2. The van der Waals surface area contributed by atoms with Gasteiger partial charge in [-0.15, -0.1) is 0 Å². The Kier molecular flexibility index (Phi) is 5.16. The Hall–Kier alpha value is -2.08. The number of hydrogen-bond acceptors (Lipinski definition) is 2. The molecule has 0 fully saturated rings. The van der Waals surface area contributed by atoms with Crippen LogP contribution in [0.15, 0.2) is 46.9 Å². The van der Waals surface area contributed by atoms with Crippen LogP contribution in [0, 0.1) is 5.82 Å². The van der Waals surface area contributed by atoms with Crippen LogP contribution in [0.25, 0.3) is 0 Å². The van der Waals surface area contributed by atoms with Crippen LogP contribution < -0.4 is 15.4 Å². The number of methoxy groups -OCH3 is 1. The molecule has 0 spiro atoms. The average molecular weight is 353 g/mol. The second kappa shape index (κ2) is 7.08. The highest BCUT2D eigenvalue weighted by atomic mass is 79.9. The summed E-state index contributed by atoms with van der Waals surface area (Å²) in [7, 11) is 1.57. The van der Waals surface area contributed by atoms with Crippen LogP contribution in [-0.2, 0) is 6.54 Å². The molecule has 0 unspecified atom stereocenters. The molecule has 2 amide bonds. The van der Waals surface area contributed by atoms with Crippen LogP contribution in [0.1, 0.15) is 5.56 Å². The third-order valence-corrected chi connectivity index (χ3v) is 3.29. The molecule has 0 atom stereocenters. The van der Waals surface area contributed by atoms with Gasteiger partial charge in [0.2, 0.25) is 0 Å². The molecule has 0 radical (unpaired) electrons. The minimum atomic E-state index is -0.403. The van der Waals surface area contributed by atoms with Gasteiger partial charge in [0.05, 0.1) is 7.11 Å². The molecule has 0 bridgehead atoms. The van der Waals surface area contributed by atoms with E-state index in [1.165, 1.54) is 6.07 Å². The molecular weight excluding hydrogens is 339 g/mol. The summed E-state index contributed by atoms with van der Waals surface area (Å²) in [5, 5.41) is 5.26. The zero-order valence-electron chi connectivity index (χ0n) is 11.3. The Labute approximate surface area is 130 Å². The van der Waals surface area contributed by atoms with E-state index in [1.807, 2.05) is 0 Å². The number of nitrogens with one attached hydrogen (secondary N) is 2. The molecule has 110 valence electrons. The number of benzene rings is 2. The summed E-state index contributed by atoms with van der Waals surface area (Å²) in [6, 6.07) is 11.1. The number of anilines is 1. The lowest BCUT2D eigenvalue weighted by atomic mass is 10.2. The second-order valence-corrected chi connectivity index (χ2v) is 5.19. The maximum absolute atomic E-state index is 13.5. The van der Waals surface area contributed by atoms with Gasteiger partial charge < -0.3 is 15.4 Å². The van der Waals surface area contributed by atoms with E-state index in [9.17, 15) is 9.18 Å². The van der Waals surface area contributed by atoms with Crippen LogP contribution in [-0.4, -0.2) is 13.1 Å². The first-order valence-corrected chi connectivity index (χ1v) is 7.00. The molecule has 6 heteroatoms. The van der Waals surface area contributed by atoms with Gasteiger partial charge in [-0.05, 0) is 42.5 Å². The van der Waals surface area contributed by atoms with Crippen molar-refractivity contribution in [2.75, 3.05) is 12.4 Å². The standard InChI is InChI=1S/C15H14BrFN2O2/c1-21-13-5-3-12(4-6-13)19-15(20)18-9-10-8-11(16)2-7-14(10)17/h2-8H,9H2,1H3,(H2,18,19,20). The topological polar surface area (TPSA) is 50.4 Å². The highest BCUT2D eigenvalue weighted by molar-refractivity contribution is 9.10. The lowest BCUT2D eigenvalue weighted by Crippen LogP contribution is -2.28. The maximum Gasteiger partial charge on any atom is 0.319 e. The van der Waals surface area contributed by atoms with E-state index in [4.69, 9.17) is 4.74 Å². The van der Waals surface area contributed by atoms with Crippen molar-refractivity contribution >= 4 is 27.6 Å². The summed E-state index contributed by atoms with van der Waals surface area (Å²) < 4.78 is 19.3. The van der Waals surface area contributed by atoms with Gasteiger partial charge in [0.15, 0.2) is 0 Å². The summed E-state index contributed by atoms with van der Waals surface area (Å²) in [5.74, 6) is 0.347. The third-order valence-electron chi connectivity index (χ3n) is 2.80. The van der Waals surface area contributed by atoms with E-state index in [1.54, 1.807) is 43.5 Å². The van der Waals surface area contributed by atoms with Gasteiger partial charge in [-0.25, -0.2) is 9.18 Å². The molecule has 0 saturated carbocycles. The number of ether oxygens (including phenoxy) is 1. The first kappa shape index (κ1) is 15.3. The fraction of sp³-hybridized carbons (Fsp3) is 0.133. The van der Waals surface area contributed by atoms with E-state index in [0.717, 1.165) is 4.47 Å². The van der Waals surface area contributed by atoms with Gasteiger partial charge in [-0.3, -0.25) is 0 Å². The fourth-order valence-corrected chi connectivity index (χ4v) is 2.11. The summed E-state index contributed by atoms with van der Waals surface area (Å²) >= 11 is 3.26. The van der Waals surface area contributed by atoms with Crippen molar-refractivity contribution in [3.63, 3.8) is 0 Å². The minimum Gasteiger partial charge on any atom is -0.497 e. The second-order valence-electron chi connectivity index (χ2n) is 4.27. The first-order valence-electron chi connectivity index (χ1n) is 6.21. The van der Waals surface area contributed by atoms with Gasteiger partial charge in [0.1, 0.15) is 11.6 Å². The fourth-order valence-electron chi connectivity index (χ4n) is 1.70. The van der Waals surface area contributed by atoms with Crippen molar-refractivity contribution in [1.29, 1.82) is 0 Å². The summed E-state index contributed by atoms with van der Waals surface area (Å²) in [6.45, 7) is 0.104. The normalized spacial score (nSPS) is 10.0. The van der Waals surface area contributed by atoms with Crippen molar-refractivity contribution in [2.45, 2.75) is 6.54 Å². The molecule has 2 aromatic rings. The zero-order valence-corrected chi connectivity index (χ0v) is 12.9. The number of urea groups is 1. The predicted molar refractivity (Wildman–Crippen MR) is 83.0 cm³/mol. The Morgan fingerprint density at radius 3 is 2.62 bits per heavy atom. The van der Waals surface area contributed by atoms with E-state index >= 15 is 0 Å². The van der Waals surface area contributed by atoms with Crippen molar-refractivity contribution in [1.82, 2.24) is 5.32 Å². The van der Waals surface area contributed by atoms with Gasteiger partial charge in [0, 0.05) is 22.3 Å². The van der Waals surface area contributed by atoms with E-state index in [0.29, 0.717) is 17.0 Å². The number of amides is 2. The molecule has 2 rings (SSSR count). The molecule has 0 aliphatic rings. The third kappa shape index (κ3) is 4.46. The smallest absolute Gasteiger partial charge is 0.319 e. The number of rotatable bonds is 4. The highest BCUT2D eigenvalue weighted by Gasteiger charge is 2.06. The zero-order chi connectivity index (χ0) is 15.2. The monoisotopic (exact) mass is 352 g/mol. The van der Waals surface area contributed by atoms with Crippen molar-refractivity contribution in [2.24, 2.45) is 0 Å². The van der Waals surface area contributed by atoms with Gasteiger partial charge in [0.25, 0.3) is 0 Å². The summed E-state index contributed by atoms with van der Waals surface area (Å²) in [6.07, 6.45) is 0. The molecule has 0 aliphatic carbocycles. The molecule has 4 nitrogen and oxygen atoms in total. The largest absolute Gasteiger partial charge is 0.497 e. The molecule has 21 heavy (non-hydrogen) atoms. The number of carbonyl (C=O) groups excluding carboxylic acids is 1. The van der Waals surface area contributed by atoms with Crippen molar-refractivity contribution < 1.29 is 13.9 Å². The van der Waals surface area contributed by atoms with E-state index < -0.39 is 6.03 Å². The lowest BCUT2D eigenvalue weighted by molar-refractivity contribution is 0.251. The summed E-state index contributed by atoms with van der Waals surface area (Å²) in [5.41, 5.74) is 1.04. The van der Waals surface area contributed by atoms with Gasteiger partial charge >= 0.3 is 6.03 Å². The molecule has 2 aromatic carbocycles. The Bertz CT molecular complexity index is 632. The summed E-state index contributed by atoms with van der Waals surface area (Å²) in [4.78, 5) is 11.7. The van der Waals surface area contributed by atoms with Gasteiger partial charge in [-0.1, -0.05) is 15.9 Å². The Morgan fingerprint density at radius 2 is 1.95 bits per heavy atom. The van der Waals surface area contributed by atoms with Crippen LogP contribution in [0.2, 0.25) is 0 Å². The minimum absolute atomic E-state index is 0.104. The average Bonchev–Trinajstić information content (AvgIpc) is 2.49. The van der Waals surface area contributed by atoms with E-state index in [-0.39, 0.29) is 12.4 Å². The van der Waals surface area contributed by atoms with Crippen LogP contribution in [0.3, 0.4) is 0 Å². The highest BCUT2D eigenvalue weighted by Crippen LogP contribution is 2.16. The Balaban J connectivity index is 1.91. The molecule has 0 saturated heterocycles. The predicted octanol–water partition coefficient (Wildman–Crippen LogP) is 3.92. The number of carbonyl (C=O) groups is 1. The maximum atomic E-state index is 13.5. The SMILES string of the molecule is COc1ccc(NC(=O)NCc2cc(Br)ccc2F)cc1.